The van der Waals surface area contributed by atoms with Gasteiger partial charge in [-0.3, -0.25) is 10.1 Å². The van der Waals surface area contributed by atoms with Crippen molar-refractivity contribution in [1.82, 2.24) is 9.97 Å². The standard InChI is InChI=1S/C19H19N5O2/c1-3-14-9-7-8-12-16(14)22-18-17(24(25)26)19(21-13-20-18)23(2)15-10-5-4-6-11-15/h4-13H,3H2,1-2H3,(H,20,21,22). The number of nitrogens with zero attached hydrogens (tertiary/aromatic N) is 4. The first kappa shape index (κ1) is 17.3. The highest BCUT2D eigenvalue weighted by Crippen LogP contribution is 2.36. The van der Waals surface area contributed by atoms with Gasteiger partial charge in [-0.25, -0.2) is 9.97 Å². The van der Waals surface area contributed by atoms with Gasteiger partial charge in [-0.15, -0.1) is 0 Å². The quantitative estimate of drug-likeness (QED) is 0.522. The molecule has 3 rings (SSSR count). The summed E-state index contributed by atoms with van der Waals surface area (Å²) in [6.45, 7) is 2.03. The number of hydrogen-bond acceptors (Lipinski definition) is 6. The third-order valence-corrected chi connectivity index (χ3v) is 4.10. The summed E-state index contributed by atoms with van der Waals surface area (Å²) < 4.78 is 0. The van der Waals surface area contributed by atoms with Gasteiger partial charge in [0, 0.05) is 18.4 Å². The number of benzene rings is 2. The molecule has 3 aromatic rings. The van der Waals surface area contributed by atoms with Crippen molar-refractivity contribution in [2.24, 2.45) is 0 Å². The first-order chi connectivity index (χ1) is 12.6. The topological polar surface area (TPSA) is 84.2 Å². The molecule has 26 heavy (non-hydrogen) atoms. The van der Waals surface area contributed by atoms with Crippen molar-refractivity contribution in [1.29, 1.82) is 0 Å². The molecular weight excluding hydrogens is 330 g/mol. The molecular formula is C19H19N5O2. The molecule has 0 unspecified atom stereocenters. The molecule has 7 nitrogen and oxygen atoms in total. The molecule has 0 aliphatic rings. The molecule has 132 valence electrons. The number of aromatic nitrogens is 2. The smallest absolute Gasteiger partial charge is 0.334 e. The van der Waals surface area contributed by atoms with Crippen molar-refractivity contribution in [3.8, 4) is 0 Å². The highest BCUT2D eigenvalue weighted by Gasteiger charge is 2.26. The Kier molecular flexibility index (Phi) is 5.07. The Labute approximate surface area is 151 Å². The zero-order valence-corrected chi connectivity index (χ0v) is 14.6. The van der Waals surface area contributed by atoms with Crippen LogP contribution in [0, 0.1) is 10.1 Å². The maximum atomic E-state index is 11.8. The lowest BCUT2D eigenvalue weighted by Gasteiger charge is -2.19. The van der Waals surface area contributed by atoms with Crippen molar-refractivity contribution in [2.45, 2.75) is 13.3 Å². The highest BCUT2D eigenvalue weighted by molar-refractivity contribution is 5.78. The predicted molar refractivity (Wildman–Crippen MR) is 102 cm³/mol. The Morgan fingerprint density at radius 3 is 2.46 bits per heavy atom. The van der Waals surface area contributed by atoms with E-state index in [2.05, 4.69) is 15.3 Å². The largest absolute Gasteiger partial charge is 0.354 e. The van der Waals surface area contributed by atoms with E-state index in [1.807, 2.05) is 61.5 Å². The lowest BCUT2D eigenvalue weighted by atomic mass is 10.1. The van der Waals surface area contributed by atoms with Gasteiger partial charge in [-0.1, -0.05) is 43.3 Å². The molecule has 0 saturated heterocycles. The zero-order valence-electron chi connectivity index (χ0n) is 14.6. The molecule has 0 saturated carbocycles. The van der Waals surface area contributed by atoms with E-state index in [0.29, 0.717) is 0 Å². The molecule has 0 radical (unpaired) electrons. The van der Waals surface area contributed by atoms with Gasteiger partial charge in [-0.2, -0.15) is 0 Å². The Balaban J connectivity index is 2.06. The van der Waals surface area contributed by atoms with Gasteiger partial charge in [0.15, 0.2) is 0 Å². The number of nitrogens with one attached hydrogen (secondary N) is 1. The number of hydrogen-bond donors (Lipinski definition) is 1. The second kappa shape index (κ2) is 7.60. The third kappa shape index (κ3) is 3.46. The van der Waals surface area contributed by atoms with Gasteiger partial charge in [0.2, 0.25) is 11.6 Å². The van der Waals surface area contributed by atoms with Crippen LogP contribution in [0.4, 0.5) is 28.7 Å². The van der Waals surface area contributed by atoms with E-state index in [-0.39, 0.29) is 17.3 Å². The fourth-order valence-corrected chi connectivity index (χ4v) is 2.73. The number of para-hydroxylation sites is 2. The van der Waals surface area contributed by atoms with Crippen LogP contribution in [0.1, 0.15) is 12.5 Å². The molecule has 7 heteroatoms. The van der Waals surface area contributed by atoms with Crippen molar-refractivity contribution < 1.29 is 4.92 Å². The van der Waals surface area contributed by atoms with Gasteiger partial charge >= 0.3 is 5.69 Å². The average Bonchev–Trinajstić information content (AvgIpc) is 2.68. The summed E-state index contributed by atoms with van der Waals surface area (Å²) >= 11 is 0. The summed E-state index contributed by atoms with van der Waals surface area (Å²) in [7, 11) is 1.74. The highest BCUT2D eigenvalue weighted by atomic mass is 16.6. The molecule has 0 spiro atoms. The minimum Gasteiger partial charge on any atom is -0.334 e. The van der Waals surface area contributed by atoms with Gasteiger partial charge < -0.3 is 10.2 Å². The first-order valence-corrected chi connectivity index (χ1v) is 8.25. The van der Waals surface area contributed by atoms with Crippen LogP contribution in [0.2, 0.25) is 0 Å². The summed E-state index contributed by atoms with van der Waals surface area (Å²) in [5, 5.41) is 14.9. The second-order valence-electron chi connectivity index (χ2n) is 5.68. The lowest BCUT2D eigenvalue weighted by Crippen LogP contribution is -2.15. The van der Waals surface area contributed by atoms with E-state index in [9.17, 15) is 10.1 Å². The molecule has 0 bridgehead atoms. The molecule has 0 fully saturated rings. The summed E-state index contributed by atoms with van der Waals surface area (Å²) in [5.74, 6) is 0.399. The lowest BCUT2D eigenvalue weighted by molar-refractivity contribution is -0.383. The van der Waals surface area contributed by atoms with Gasteiger partial charge in [0.25, 0.3) is 0 Å². The van der Waals surface area contributed by atoms with E-state index in [1.165, 1.54) is 6.33 Å². The van der Waals surface area contributed by atoms with Crippen LogP contribution in [-0.4, -0.2) is 21.9 Å². The molecule has 1 aromatic heterocycles. The van der Waals surface area contributed by atoms with E-state index < -0.39 is 4.92 Å². The molecule has 0 atom stereocenters. The zero-order chi connectivity index (χ0) is 18.5. The minimum atomic E-state index is -0.453. The Hall–Kier alpha value is -3.48. The van der Waals surface area contributed by atoms with Crippen LogP contribution in [0.5, 0.6) is 0 Å². The monoisotopic (exact) mass is 349 g/mol. The van der Waals surface area contributed by atoms with E-state index >= 15 is 0 Å². The van der Waals surface area contributed by atoms with Gasteiger partial charge in [0.1, 0.15) is 6.33 Å². The van der Waals surface area contributed by atoms with Crippen LogP contribution in [0.25, 0.3) is 0 Å². The minimum absolute atomic E-state index is 0.162. The molecule has 0 aliphatic heterocycles. The van der Waals surface area contributed by atoms with E-state index in [4.69, 9.17) is 0 Å². The summed E-state index contributed by atoms with van der Waals surface area (Å²) in [6, 6.07) is 17.0. The van der Waals surface area contributed by atoms with Crippen LogP contribution in [-0.2, 0) is 6.42 Å². The van der Waals surface area contributed by atoms with Crippen molar-refractivity contribution in [3.63, 3.8) is 0 Å². The SMILES string of the molecule is CCc1ccccc1Nc1ncnc(N(C)c2ccccc2)c1[N+](=O)[O-]. The van der Waals surface area contributed by atoms with Crippen LogP contribution < -0.4 is 10.2 Å². The van der Waals surface area contributed by atoms with Crippen molar-refractivity contribution in [3.05, 3.63) is 76.6 Å². The maximum Gasteiger partial charge on any atom is 0.354 e. The molecule has 1 heterocycles. The second-order valence-corrected chi connectivity index (χ2v) is 5.68. The normalized spacial score (nSPS) is 10.4. The van der Waals surface area contributed by atoms with E-state index in [0.717, 1.165) is 23.4 Å². The van der Waals surface area contributed by atoms with Crippen LogP contribution >= 0.6 is 0 Å². The summed E-state index contributed by atoms with van der Waals surface area (Å²) in [4.78, 5) is 21.3. The fraction of sp³-hybridized carbons (Fsp3) is 0.158. The maximum absolute atomic E-state index is 11.8. The number of aryl methyl sites for hydroxylation is 1. The van der Waals surface area contributed by atoms with Gasteiger partial charge in [-0.05, 0) is 30.2 Å². The van der Waals surface area contributed by atoms with Crippen molar-refractivity contribution in [2.75, 3.05) is 17.3 Å². The third-order valence-electron chi connectivity index (χ3n) is 4.10. The van der Waals surface area contributed by atoms with Crippen LogP contribution in [0.3, 0.4) is 0 Å². The number of nitro groups is 1. The molecule has 0 aliphatic carbocycles. The molecule has 2 aromatic carbocycles. The first-order valence-electron chi connectivity index (χ1n) is 8.25. The van der Waals surface area contributed by atoms with Crippen LogP contribution in [0.15, 0.2) is 60.9 Å². The van der Waals surface area contributed by atoms with Gasteiger partial charge in [0.05, 0.1) is 4.92 Å². The Morgan fingerprint density at radius 2 is 1.77 bits per heavy atom. The molecule has 0 amide bonds. The Morgan fingerprint density at radius 1 is 1.08 bits per heavy atom. The number of rotatable bonds is 6. The van der Waals surface area contributed by atoms with Crippen molar-refractivity contribution >= 4 is 28.7 Å². The Bertz CT molecular complexity index is 915. The summed E-state index contributed by atoms with van der Waals surface area (Å²) in [5.41, 5.74) is 2.49. The average molecular weight is 349 g/mol. The predicted octanol–water partition coefficient (Wildman–Crippen LogP) is 4.46. The molecule has 1 N–H and O–H groups in total. The van der Waals surface area contributed by atoms with E-state index in [1.54, 1.807) is 11.9 Å². The summed E-state index contributed by atoms with van der Waals surface area (Å²) in [6.07, 6.45) is 2.14. The number of anilines is 4. The fourth-order valence-electron chi connectivity index (χ4n) is 2.73.